The van der Waals surface area contributed by atoms with E-state index in [2.05, 4.69) is 0 Å². The number of alkyl halides is 3. The molecule has 4 rings (SSSR count). The molecule has 0 amide bonds. The Bertz CT molecular complexity index is 700. The zero-order chi connectivity index (χ0) is 17.3. The average Bonchev–Trinajstić information content (AvgIpc) is 2.79. The van der Waals surface area contributed by atoms with Crippen molar-refractivity contribution in [1.29, 1.82) is 0 Å². The third-order valence-electron chi connectivity index (χ3n) is 6.86. The molecular weight excluding hydrogens is 317 g/mol. The van der Waals surface area contributed by atoms with Gasteiger partial charge in [0.15, 0.2) is 11.4 Å². The molecule has 0 heterocycles. The lowest BCUT2D eigenvalue weighted by Gasteiger charge is -2.48. The van der Waals surface area contributed by atoms with E-state index >= 15 is 0 Å². The van der Waals surface area contributed by atoms with E-state index in [0.717, 1.165) is 29.6 Å². The lowest BCUT2D eigenvalue weighted by atomic mass is 9.58. The fourth-order valence-electron chi connectivity index (χ4n) is 5.48. The second kappa shape index (κ2) is 4.84. The molecule has 0 aromatic heterocycles. The molecule has 4 aliphatic carbocycles. The Kier molecular flexibility index (Phi) is 3.25. The molecule has 24 heavy (non-hydrogen) atoms. The van der Waals surface area contributed by atoms with E-state index in [1.165, 1.54) is 0 Å². The highest BCUT2D eigenvalue weighted by atomic mass is 19.4. The SMILES string of the molecule is C[C@]12C=CC3=C4CCC(=O)C=C4CC[C@H]3[C@@H]1CCC2(O)C(F)(F)F. The molecule has 1 saturated carbocycles. The molecule has 1 fully saturated rings. The minimum Gasteiger partial charge on any atom is -0.380 e. The maximum Gasteiger partial charge on any atom is 0.418 e. The lowest BCUT2D eigenvalue weighted by Crippen LogP contribution is -2.56. The highest BCUT2D eigenvalue weighted by Gasteiger charge is 2.70. The van der Waals surface area contributed by atoms with Crippen LogP contribution in [-0.2, 0) is 4.79 Å². The van der Waals surface area contributed by atoms with E-state index < -0.39 is 17.2 Å². The largest absolute Gasteiger partial charge is 0.418 e. The Labute approximate surface area is 139 Å². The number of carbonyl (C=O) groups excluding carboxylic acids is 1. The number of aliphatic hydroxyl groups is 1. The van der Waals surface area contributed by atoms with Crippen LogP contribution in [0.5, 0.6) is 0 Å². The van der Waals surface area contributed by atoms with E-state index in [9.17, 15) is 23.1 Å². The highest BCUT2D eigenvalue weighted by Crippen LogP contribution is 2.64. The van der Waals surface area contributed by atoms with Gasteiger partial charge in [-0.15, -0.1) is 0 Å². The summed E-state index contributed by atoms with van der Waals surface area (Å²) in [5, 5.41) is 10.5. The third kappa shape index (κ3) is 1.91. The summed E-state index contributed by atoms with van der Waals surface area (Å²) in [5.74, 6) is -0.00253. The van der Waals surface area contributed by atoms with Gasteiger partial charge in [0.2, 0.25) is 0 Å². The van der Waals surface area contributed by atoms with E-state index in [0.29, 0.717) is 19.3 Å². The average molecular weight is 338 g/mol. The van der Waals surface area contributed by atoms with Gasteiger partial charge in [-0.3, -0.25) is 4.79 Å². The molecule has 130 valence electrons. The van der Waals surface area contributed by atoms with Crippen LogP contribution in [0.2, 0.25) is 0 Å². The van der Waals surface area contributed by atoms with E-state index in [1.54, 1.807) is 25.2 Å². The van der Waals surface area contributed by atoms with Crippen molar-refractivity contribution in [3.63, 3.8) is 0 Å². The Morgan fingerprint density at radius 1 is 1.21 bits per heavy atom. The van der Waals surface area contributed by atoms with Gasteiger partial charge in [-0.2, -0.15) is 13.2 Å². The van der Waals surface area contributed by atoms with Crippen molar-refractivity contribution in [3.05, 3.63) is 34.9 Å². The first-order chi connectivity index (χ1) is 11.2. The van der Waals surface area contributed by atoms with Crippen molar-refractivity contribution in [2.24, 2.45) is 17.3 Å². The summed E-state index contributed by atoms with van der Waals surface area (Å²) in [7, 11) is 0. The number of fused-ring (bicyclic) bond motifs is 4. The van der Waals surface area contributed by atoms with Crippen LogP contribution in [0.15, 0.2) is 34.9 Å². The zero-order valence-corrected chi connectivity index (χ0v) is 13.6. The fourth-order valence-corrected chi connectivity index (χ4v) is 5.48. The molecule has 1 N–H and O–H groups in total. The van der Waals surface area contributed by atoms with Gasteiger partial charge < -0.3 is 5.11 Å². The monoisotopic (exact) mass is 338 g/mol. The second-order valence-electron chi connectivity index (χ2n) is 7.83. The molecule has 0 aromatic rings. The summed E-state index contributed by atoms with van der Waals surface area (Å²) in [6.45, 7) is 1.56. The Morgan fingerprint density at radius 3 is 2.67 bits per heavy atom. The number of ketones is 1. The molecule has 0 aliphatic heterocycles. The van der Waals surface area contributed by atoms with Crippen LogP contribution in [0.1, 0.15) is 45.4 Å². The van der Waals surface area contributed by atoms with Crippen molar-refractivity contribution in [3.8, 4) is 0 Å². The summed E-state index contributed by atoms with van der Waals surface area (Å²) in [6.07, 6.45) is 3.32. The van der Waals surface area contributed by atoms with Crippen molar-refractivity contribution < 1.29 is 23.1 Å². The van der Waals surface area contributed by atoms with Crippen molar-refractivity contribution >= 4 is 5.78 Å². The van der Waals surface area contributed by atoms with Crippen LogP contribution < -0.4 is 0 Å². The van der Waals surface area contributed by atoms with E-state index in [1.807, 2.05) is 0 Å². The number of carbonyl (C=O) groups is 1. The van der Waals surface area contributed by atoms with Gasteiger partial charge in [0, 0.05) is 11.8 Å². The molecule has 0 bridgehead atoms. The minimum atomic E-state index is -4.62. The number of rotatable bonds is 0. The van der Waals surface area contributed by atoms with Crippen molar-refractivity contribution in [2.75, 3.05) is 0 Å². The second-order valence-corrected chi connectivity index (χ2v) is 7.83. The molecule has 0 radical (unpaired) electrons. The maximum absolute atomic E-state index is 13.6. The van der Waals surface area contributed by atoms with E-state index in [-0.39, 0.29) is 24.0 Å². The van der Waals surface area contributed by atoms with Gasteiger partial charge >= 0.3 is 6.18 Å². The van der Waals surface area contributed by atoms with Crippen molar-refractivity contribution in [1.82, 2.24) is 0 Å². The van der Waals surface area contributed by atoms with Gasteiger partial charge in [0.25, 0.3) is 0 Å². The number of hydrogen-bond acceptors (Lipinski definition) is 2. The molecule has 0 spiro atoms. The molecule has 4 aliphatic rings. The minimum absolute atomic E-state index is 0.0525. The summed E-state index contributed by atoms with van der Waals surface area (Å²) in [6, 6.07) is 0. The van der Waals surface area contributed by atoms with Gasteiger partial charge in [0.1, 0.15) is 0 Å². The predicted molar refractivity (Wildman–Crippen MR) is 83.0 cm³/mol. The van der Waals surface area contributed by atoms with E-state index in [4.69, 9.17) is 0 Å². The number of hydrogen-bond donors (Lipinski definition) is 1. The van der Waals surface area contributed by atoms with Gasteiger partial charge in [-0.25, -0.2) is 0 Å². The van der Waals surface area contributed by atoms with Crippen LogP contribution in [-0.4, -0.2) is 22.7 Å². The molecule has 1 unspecified atom stereocenters. The molecule has 2 nitrogen and oxygen atoms in total. The summed E-state index contributed by atoms with van der Waals surface area (Å²) in [5.41, 5.74) is -0.586. The van der Waals surface area contributed by atoms with Crippen LogP contribution in [0.25, 0.3) is 0 Å². The topological polar surface area (TPSA) is 37.3 Å². The molecular formula is C19H21F3O2. The van der Waals surface area contributed by atoms with Crippen LogP contribution in [0.4, 0.5) is 13.2 Å². The van der Waals surface area contributed by atoms with Gasteiger partial charge in [-0.05, 0) is 66.7 Å². The van der Waals surface area contributed by atoms with Crippen LogP contribution in [0.3, 0.4) is 0 Å². The first-order valence-electron chi connectivity index (χ1n) is 8.62. The smallest absolute Gasteiger partial charge is 0.380 e. The first kappa shape index (κ1) is 16.1. The molecule has 4 atom stereocenters. The number of halogens is 3. The van der Waals surface area contributed by atoms with Crippen LogP contribution >= 0.6 is 0 Å². The Hall–Kier alpha value is -1.36. The highest BCUT2D eigenvalue weighted by molar-refractivity contribution is 5.93. The standard InChI is InChI=1S/C19H21F3O2/c1-17-8-6-14-13-5-3-12(23)10-11(13)2-4-15(14)16(17)7-9-18(17,24)19(20,21)22/h6,8,10,15-16,24H,2-5,7,9H2,1H3/t15-,16+,17+,18?/m1/s1. The fraction of sp³-hybridized carbons (Fsp3) is 0.632. The summed E-state index contributed by atoms with van der Waals surface area (Å²) in [4.78, 5) is 11.6. The zero-order valence-electron chi connectivity index (χ0n) is 13.6. The normalized spacial score (nSPS) is 41.7. The van der Waals surface area contributed by atoms with Crippen molar-refractivity contribution in [2.45, 2.75) is 57.2 Å². The van der Waals surface area contributed by atoms with Crippen LogP contribution in [0, 0.1) is 17.3 Å². The summed E-state index contributed by atoms with van der Waals surface area (Å²) >= 11 is 0. The molecule has 0 aromatic carbocycles. The van der Waals surface area contributed by atoms with Gasteiger partial charge in [0.05, 0.1) is 0 Å². The maximum atomic E-state index is 13.6. The number of allylic oxidation sites excluding steroid dienone is 5. The quantitative estimate of drug-likeness (QED) is 0.716. The Morgan fingerprint density at radius 2 is 1.96 bits per heavy atom. The van der Waals surface area contributed by atoms with Gasteiger partial charge in [-0.1, -0.05) is 19.1 Å². The molecule has 0 saturated heterocycles. The lowest BCUT2D eigenvalue weighted by molar-refractivity contribution is -0.287. The Balaban J connectivity index is 1.82. The summed E-state index contributed by atoms with van der Waals surface area (Å²) < 4.78 is 40.7. The third-order valence-corrected chi connectivity index (χ3v) is 6.86. The first-order valence-corrected chi connectivity index (χ1v) is 8.62. The predicted octanol–water partition coefficient (Wildman–Crippen LogP) is 4.26. The molecule has 5 heteroatoms.